The Kier molecular flexibility index (Phi) is 4.09. The van der Waals surface area contributed by atoms with Crippen molar-refractivity contribution in [2.75, 3.05) is 5.32 Å². The van der Waals surface area contributed by atoms with E-state index in [1.807, 2.05) is 19.1 Å². The fourth-order valence-electron chi connectivity index (χ4n) is 1.02. The fourth-order valence-corrected chi connectivity index (χ4v) is 1.02. The fraction of sp³-hybridized carbons (Fsp3) is 0.0909. The Bertz CT molecular complexity index is 443. The van der Waals surface area contributed by atoms with Crippen molar-refractivity contribution in [2.45, 2.75) is 6.92 Å². The maximum Gasteiger partial charge on any atom is 0.252 e. The lowest BCUT2D eigenvalue weighted by Crippen LogP contribution is -2.10. The van der Waals surface area contributed by atoms with E-state index in [-0.39, 0.29) is 5.56 Å². The van der Waals surface area contributed by atoms with Crippen LogP contribution in [0, 0.1) is 0 Å². The standard InChI is InChI=1S/C11H13N3O/c1-3-5-9(6-4-2)13-11-12-8-7-10(15)14-11/h3-8H,1H2,2H3,(H2,12,13,14,15)/b6-4-,9-5+. The topological polar surface area (TPSA) is 57.8 Å². The van der Waals surface area contributed by atoms with Gasteiger partial charge in [0, 0.05) is 18.0 Å². The van der Waals surface area contributed by atoms with E-state index in [4.69, 9.17) is 0 Å². The largest absolute Gasteiger partial charge is 0.326 e. The second-order valence-corrected chi connectivity index (χ2v) is 2.77. The molecule has 4 nitrogen and oxygen atoms in total. The van der Waals surface area contributed by atoms with Crippen molar-refractivity contribution in [2.24, 2.45) is 0 Å². The van der Waals surface area contributed by atoms with Crippen LogP contribution in [0.1, 0.15) is 6.92 Å². The van der Waals surface area contributed by atoms with Crippen molar-refractivity contribution in [1.82, 2.24) is 9.97 Å². The lowest BCUT2D eigenvalue weighted by Gasteiger charge is -2.04. The van der Waals surface area contributed by atoms with E-state index in [1.165, 1.54) is 12.3 Å². The SMILES string of the molecule is C=C/C=C(\C=C/C)Nc1nccc(=O)[nH]1. The summed E-state index contributed by atoms with van der Waals surface area (Å²) in [7, 11) is 0. The zero-order valence-corrected chi connectivity index (χ0v) is 8.53. The van der Waals surface area contributed by atoms with E-state index in [9.17, 15) is 4.79 Å². The molecular weight excluding hydrogens is 190 g/mol. The van der Waals surface area contributed by atoms with Gasteiger partial charge in [-0.25, -0.2) is 4.98 Å². The molecule has 78 valence electrons. The van der Waals surface area contributed by atoms with Crippen LogP contribution in [0.25, 0.3) is 0 Å². The van der Waals surface area contributed by atoms with Gasteiger partial charge >= 0.3 is 0 Å². The van der Waals surface area contributed by atoms with Gasteiger partial charge in [0.05, 0.1) is 0 Å². The first kappa shape index (κ1) is 11.0. The van der Waals surface area contributed by atoms with Crippen LogP contribution in [0.5, 0.6) is 0 Å². The summed E-state index contributed by atoms with van der Waals surface area (Å²) in [4.78, 5) is 17.5. The Morgan fingerprint density at radius 1 is 1.67 bits per heavy atom. The first-order valence-corrected chi connectivity index (χ1v) is 4.54. The van der Waals surface area contributed by atoms with Gasteiger partial charge in [-0.1, -0.05) is 18.7 Å². The molecule has 1 aromatic heterocycles. The van der Waals surface area contributed by atoms with E-state index in [2.05, 4.69) is 21.9 Å². The maximum absolute atomic E-state index is 11.0. The molecule has 0 saturated carbocycles. The predicted molar refractivity (Wildman–Crippen MR) is 61.6 cm³/mol. The Morgan fingerprint density at radius 2 is 2.47 bits per heavy atom. The van der Waals surface area contributed by atoms with Gasteiger partial charge in [0.1, 0.15) is 0 Å². The van der Waals surface area contributed by atoms with Crippen LogP contribution in [-0.4, -0.2) is 9.97 Å². The van der Waals surface area contributed by atoms with Crippen molar-refractivity contribution in [3.05, 3.63) is 59.2 Å². The maximum atomic E-state index is 11.0. The number of H-pyrrole nitrogens is 1. The van der Waals surface area contributed by atoms with Crippen LogP contribution in [-0.2, 0) is 0 Å². The van der Waals surface area contributed by atoms with Crippen molar-refractivity contribution < 1.29 is 0 Å². The minimum atomic E-state index is -0.189. The molecule has 0 unspecified atom stereocenters. The molecule has 0 radical (unpaired) electrons. The third-order valence-electron chi connectivity index (χ3n) is 1.58. The van der Waals surface area contributed by atoms with Crippen molar-refractivity contribution in [1.29, 1.82) is 0 Å². The summed E-state index contributed by atoms with van der Waals surface area (Å²) in [6.45, 7) is 5.50. The van der Waals surface area contributed by atoms with Crippen LogP contribution < -0.4 is 10.9 Å². The minimum absolute atomic E-state index is 0.189. The van der Waals surface area contributed by atoms with Crippen molar-refractivity contribution >= 4 is 5.95 Å². The summed E-state index contributed by atoms with van der Waals surface area (Å²) in [6.07, 6.45) is 8.62. The number of rotatable bonds is 4. The molecule has 0 amide bonds. The van der Waals surface area contributed by atoms with Gasteiger partial charge in [0.2, 0.25) is 5.95 Å². The van der Waals surface area contributed by atoms with Crippen LogP contribution in [0.3, 0.4) is 0 Å². The van der Waals surface area contributed by atoms with Crippen LogP contribution in [0.2, 0.25) is 0 Å². The van der Waals surface area contributed by atoms with Crippen molar-refractivity contribution in [3.8, 4) is 0 Å². The summed E-state index contributed by atoms with van der Waals surface area (Å²) < 4.78 is 0. The highest BCUT2D eigenvalue weighted by molar-refractivity contribution is 5.40. The number of anilines is 1. The zero-order chi connectivity index (χ0) is 11.1. The van der Waals surface area contributed by atoms with Gasteiger partial charge < -0.3 is 5.32 Å². The van der Waals surface area contributed by atoms with Crippen LogP contribution in [0.4, 0.5) is 5.95 Å². The molecule has 0 fully saturated rings. The molecule has 2 N–H and O–H groups in total. The lowest BCUT2D eigenvalue weighted by molar-refractivity contribution is 1.11. The third-order valence-corrected chi connectivity index (χ3v) is 1.58. The molecule has 0 aliphatic rings. The summed E-state index contributed by atoms with van der Waals surface area (Å²) in [5.41, 5.74) is 0.618. The normalized spacial score (nSPS) is 11.7. The zero-order valence-electron chi connectivity index (χ0n) is 8.53. The Morgan fingerprint density at radius 3 is 3.07 bits per heavy atom. The lowest BCUT2D eigenvalue weighted by atomic mass is 10.3. The monoisotopic (exact) mass is 203 g/mol. The van der Waals surface area contributed by atoms with Gasteiger partial charge in [0.25, 0.3) is 5.56 Å². The summed E-state index contributed by atoms with van der Waals surface area (Å²) >= 11 is 0. The Labute approximate surface area is 88.1 Å². The van der Waals surface area contributed by atoms with Gasteiger partial charge in [0.15, 0.2) is 0 Å². The van der Waals surface area contributed by atoms with Gasteiger partial charge in [-0.15, -0.1) is 0 Å². The second kappa shape index (κ2) is 5.59. The number of nitrogens with one attached hydrogen (secondary N) is 2. The van der Waals surface area contributed by atoms with E-state index >= 15 is 0 Å². The molecule has 1 heterocycles. The smallest absolute Gasteiger partial charge is 0.252 e. The van der Waals surface area contributed by atoms with E-state index in [1.54, 1.807) is 12.2 Å². The molecule has 0 atom stereocenters. The van der Waals surface area contributed by atoms with Crippen LogP contribution >= 0.6 is 0 Å². The third kappa shape index (κ3) is 3.64. The average molecular weight is 203 g/mol. The predicted octanol–water partition coefficient (Wildman–Crippen LogP) is 1.83. The van der Waals surface area contributed by atoms with Crippen molar-refractivity contribution in [3.63, 3.8) is 0 Å². The Balaban J connectivity index is 2.88. The highest BCUT2D eigenvalue weighted by Gasteiger charge is 1.95. The number of aromatic nitrogens is 2. The van der Waals surface area contributed by atoms with E-state index < -0.39 is 0 Å². The molecule has 0 saturated heterocycles. The first-order chi connectivity index (χ1) is 7.26. The molecular formula is C11H13N3O. The number of nitrogens with zero attached hydrogens (tertiary/aromatic N) is 1. The van der Waals surface area contributed by atoms with Gasteiger partial charge in [-0.2, -0.15) is 0 Å². The summed E-state index contributed by atoms with van der Waals surface area (Å²) in [5, 5.41) is 2.96. The second-order valence-electron chi connectivity index (χ2n) is 2.77. The molecule has 1 aromatic rings. The molecule has 0 spiro atoms. The molecule has 0 bridgehead atoms. The molecule has 1 rings (SSSR count). The van der Waals surface area contributed by atoms with E-state index in [0.717, 1.165) is 5.70 Å². The first-order valence-electron chi connectivity index (χ1n) is 4.54. The number of allylic oxidation sites excluding steroid dienone is 4. The molecule has 0 aromatic carbocycles. The molecule has 4 heteroatoms. The molecule has 15 heavy (non-hydrogen) atoms. The average Bonchev–Trinajstić information content (AvgIpc) is 2.18. The van der Waals surface area contributed by atoms with E-state index in [0.29, 0.717) is 5.95 Å². The summed E-state index contributed by atoms with van der Waals surface area (Å²) in [5.74, 6) is 0.411. The van der Waals surface area contributed by atoms with Crippen LogP contribution in [0.15, 0.2) is 53.6 Å². The Hall–Kier alpha value is -2.10. The minimum Gasteiger partial charge on any atom is -0.326 e. The highest BCUT2D eigenvalue weighted by atomic mass is 16.1. The molecule has 0 aliphatic carbocycles. The number of hydrogen-bond acceptors (Lipinski definition) is 3. The number of aromatic amines is 1. The number of hydrogen-bond donors (Lipinski definition) is 2. The van der Waals surface area contributed by atoms with Gasteiger partial charge in [-0.3, -0.25) is 9.78 Å². The quantitative estimate of drug-likeness (QED) is 0.734. The van der Waals surface area contributed by atoms with Gasteiger partial charge in [-0.05, 0) is 19.1 Å². The molecule has 0 aliphatic heterocycles. The summed E-state index contributed by atoms with van der Waals surface area (Å²) in [6, 6.07) is 1.36. The highest BCUT2D eigenvalue weighted by Crippen LogP contribution is 2.01.